The third kappa shape index (κ3) is 13.0. The number of carbonyl (C=O) groups is 7. The summed E-state index contributed by atoms with van der Waals surface area (Å²) in [5, 5.41) is 22.7. The number of fused-ring (bicyclic) bond motifs is 2. The number of carbonyl (C=O) groups excluding carboxylic acids is 6. The molecule has 1 aliphatic heterocycles. The van der Waals surface area contributed by atoms with E-state index in [9.17, 15) is 38.7 Å². The Bertz CT molecular complexity index is 1610. The first-order chi connectivity index (χ1) is 26.0. The van der Waals surface area contributed by atoms with Crippen LogP contribution >= 0.6 is 0 Å². The molecule has 0 saturated heterocycles. The van der Waals surface area contributed by atoms with Gasteiger partial charge in [0.25, 0.3) is 5.91 Å². The maximum Gasteiger partial charge on any atom is 0.330 e. The van der Waals surface area contributed by atoms with Gasteiger partial charge in [0, 0.05) is 12.8 Å². The summed E-state index contributed by atoms with van der Waals surface area (Å²) < 4.78 is 5.94. The number of nitrogens with one attached hydrogen (secondary N) is 5. The monoisotopic (exact) mass is 747 g/mol. The minimum atomic E-state index is -1.37. The van der Waals surface area contributed by atoms with Gasteiger partial charge in [-0.2, -0.15) is 0 Å². The van der Waals surface area contributed by atoms with E-state index in [0.29, 0.717) is 36.3 Å². The second-order valence-corrected chi connectivity index (χ2v) is 14.0. The zero-order valence-electron chi connectivity index (χ0n) is 30.9. The van der Waals surface area contributed by atoms with Crippen molar-refractivity contribution in [2.24, 2.45) is 5.92 Å². The first-order valence-electron chi connectivity index (χ1n) is 19.1. The second-order valence-electron chi connectivity index (χ2n) is 14.0. The predicted octanol–water partition coefficient (Wildman–Crippen LogP) is 3.03. The summed E-state index contributed by atoms with van der Waals surface area (Å²) in [5.74, 6) is -5.20. The molecule has 4 rings (SSSR count). The lowest BCUT2D eigenvalue weighted by atomic mass is 9.83. The summed E-state index contributed by atoms with van der Waals surface area (Å²) in [4.78, 5) is 91.9. The van der Waals surface area contributed by atoms with E-state index in [0.717, 1.165) is 51.4 Å². The van der Waals surface area contributed by atoms with Gasteiger partial charge in [-0.1, -0.05) is 87.9 Å². The van der Waals surface area contributed by atoms with Crippen LogP contribution in [0.25, 0.3) is 0 Å². The molecule has 6 N–H and O–H groups in total. The van der Waals surface area contributed by atoms with Gasteiger partial charge in [-0.3, -0.25) is 28.8 Å². The number of hydrogen-bond acceptors (Lipinski definition) is 8. The molecule has 0 radical (unpaired) electrons. The molecule has 1 saturated carbocycles. The summed E-state index contributed by atoms with van der Waals surface area (Å²) in [7, 11) is 0. The lowest BCUT2D eigenvalue weighted by Crippen LogP contribution is -2.59. The van der Waals surface area contributed by atoms with Crippen molar-refractivity contribution < 1.29 is 43.4 Å². The van der Waals surface area contributed by atoms with Crippen LogP contribution in [0.15, 0.2) is 54.6 Å². The van der Waals surface area contributed by atoms with Crippen LogP contribution < -0.4 is 31.3 Å². The van der Waals surface area contributed by atoms with Crippen LogP contribution in [-0.2, 0) is 40.0 Å². The van der Waals surface area contributed by atoms with Gasteiger partial charge in [-0.15, -0.1) is 0 Å². The van der Waals surface area contributed by atoms with E-state index >= 15 is 0 Å². The van der Waals surface area contributed by atoms with Crippen molar-refractivity contribution in [3.05, 3.63) is 65.7 Å². The van der Waals surface area contributed by atoms with Crippen molar-refractivity contribution in [2.75, 3.05) is 13.2 Å². The highest BCUT2D eigenvalue weighted by Crippen LogP contribution is 2.27. The van der Waals surface area contributed by atoms with E-state index < -0.39 is 66.1 Å². The molecular weight excluding hydrogens is 694 g/mol. The fourth-order valence-corrected chi connectivity index (χ4v) is 6.89. The fourth-order valence-electron chi connectivity index (χ4n) is 6.89. The molecule has 0 spiro atoms. The van der Waals surface area contributed by atoms with Gasteiger partial charge >= 0.3 is 5.97 Å². The number of carboxylic acid groups (broad SMARTS) is 1. The highest BCUT2D eigenvalue weighted by molar-refractivity contribution is 6.38. The molecule has 54 heavy (non-hydrogen) atoms. The summed E-state index contributed by atoms with van der Waals surface area (Å²) in [6.45, 7) is 1.57. The van der Waals surface area contributed by atoms with Gasteiger partial charge in [0.2, 0.25) is 29.4 Å². The maximum atomic E-state index is 14.0. The quantitative estimate of drug-likeness (QED) is 0.176. The number of hydrogen-bond donors (Lipinski definition) is 6. The molecule has 4 atom stereocenters. The second kappa shape index (κ2) is 21.4. The average Bonchev–Trinajstić information content (AvgIpc) is 3.17. The van der Waals surface area contributed by atoms with Crippen molar-refractivity contribution in [3.63, 3.8) is 0 Å². The van der Waals surface area contributed by atoms with Crippen molar-refractivity contribution in [3.8, 4) is 5.75 Å². The van der Waals surface area contributed by atoms with Crippen molar-refractivity contribution in [1.82, 2.24) is 26.6 Å². The molecule has 2 aromatic rings. The summed E-state index contributed by atoms with van der Waals surface area (Å²) in [6, 6.07) is 10.5. The van der Waals surface area contributed by atoms with Crippen LogP contribution in [0.4, 0.5) is 0 Å². The topological polar surface area (TPSA) is 209 Å². The number of aliphatic carboxylic acids is 1. The normalized spacial score (nSPS) is 20.0. The number of amides is 5. The highest BCUT2D eigenvalue weighted by atomic mass is 16.5. The first kappa shape index (κ1) is 41.5. The molecule has 0 aromatic heterocycles. The lowest BCUT2D eigenvalue weighted by molar-refractivity contribution is -0.142. The van der Waals surface area contributed by atoms with E-state index in [1.165, 1.54) is 12.1 Å². The van der Waals surface area contributed by atoms with Crippen LogP contribution in [-0.4, -0.2) is 77.7 Å². The van der Waals surface area contributed by atoms with Crippen molar-refractivity contribution >= 4 is 41.3 Å². The molecule has 292 valence electrons. The molecule has 1 fully saturated rings. The number of rotatable bonds is 12. The van der Waals surface area contributed by atoms with Gasteiger partial charge in [0.1, 0.15) is 17.8 Å². The van der Waals surface area contributed by atoms with Gasteiger partial charge in [-0.05, 0) is 61.3 Å². The molecule has 2 aliphatic rings. The average molecular weight is 748 g/mol. The summed E-state index contributed by atoms with van der Waals surface area (Å²) in [5.41, 5.74) is 1.01. The molecule has 2 aromatic carbocycles. The van der Waals surface area contributed by atoms with E-state index in [4.69, 9.17) is 4.74 Å². The van der Waals surface area contributed by atoms with E-state index in [-0.39, 0.29) is 31.1 Å². The molecule has 14 heteroatoms. The zero-order valence-corrected chi connectivity index (χ0v) is 30.9. The third-order valence-electron chi connectivity index (χ3n) is 9.79. The Balaban J connectivity index is 1.50. The smallest absolute Gasteiger partial charge is 0.330 e. The van der Waals surface area contributed by atoms with Crippen LogP contribution in [0.5, 0.6) is 5.75 Å². The Morgan fingerprint density at radius 1 is 0.870 bits per heavy atom. The molecule has 1 heterocycles. The van der Waals surface area contributed by atoms with Crippen LogP contribution in [0.3, 0.4) is 0 Å². The first-order valence-corrected chi connectivity index (χ1v) is 19.1. The molecular formula is C40H53N5O9. The summed E-state index contributed by atoms with van der Waals surface area (Å²) in [6.07, 6.45) is 8.46. The molecule has 1 unspecified atom stereocenters. The molecule has 2 bridgehead atoms. The third-order valence-corrected chi connectivity index (χ3v) is 9.79. The van der Waals surface area contributed by atoms with E-state index in [1.807, 2.05) is 6.07 Å². The minimum Gasteiger partial charge on any atom is -0.494 e. The summed E-state index contributed by atoms with van der Waals surface area (Å²) >= 11 is 0. The van der Waals surface area contributed by atoms with Crippen molar-refractivity contribution in [2.45, 2.75) is 115 Å². The Morgan fingerprint density at radius 2 is 1.59 bits per heavy atom. The number of benzene rings is 2. The van der Waals surface area contributed by atoms with Crippen molar-refractivity contribution in [1.29, 1.82) is 0 Å². The SMILES string of the molecule is CCCC(NC(=O)[C@@H]1Cc2cccc(c2)OCCCCCCC(=O)N[C@@H](C2CCCCC2)C(=O)N1)C(=O)C(=O)NCC(=O)N[C@H](C(=O)O)c1ccccc1. The Hall–Kier alpha value is -5.27. The highest BCUT2D eigenvalue weighted by Gasteiger charge is 2.35. The van der Waals surface area contributed by atoms with E-state index in [1.54, 1.807) is 43.3 Å². The van der Waals surface area contributed by atoms with Gasteiger partial charge in [0.15, 0.2) is 6.04 Å². The number of Topliss-reactive ketones (excluding diaryl/α,β-unsaturated/α-hetero) is 1. The number of ether oxygens (including phenoxy) is 1. The molecule has 14 nitrogen and oxygen atoms in total. The fraction of sp³-hybridized carbons (Fsp3) is 0.525. The maximum absolute atomic E-state index is 14.0. The number of ketones is 1. The standard InChI is InChI=1S/C40H53N5O9/c1-2-14-30(36(48)39(51)41-25-33(47)45-35(40(52)53)28-18-9-6-10-19-28)42-37(49)31-24-26-15-13-20-29(23-26)54-22-12-4-3-11-21-32(46)44-34(38(50)43-31)27-16-7-5-8-17-27/h6,9-10,13,15,18-20,23,27,30-31,34-35H,2-5,7-8,11-12,14,16-17,21-22,24-25H2,1H3,(H,41,51)(H,42,49)(H,43,50)(H,44,46)(H,45,47)(H,52,53)/t30?,31-,34-,35-/m0/s1. The van der Waals surface area contributed by atoms with E-state index in [2.05, 4.69) is 26.6 Å². The zero-order chi connectivity index (χ0) is 38.9. The van der Waals surface area contributed by atoms with Crippen LogP contribution in [0, 0.1) is 5.92 Å². The van der Waals surface area contributed by atoms with Gasteiger partial charge in [-0.25, -0.2) is 4.79 Å². The van der Waals surface area contributed by atoms with Crippen LogP contribution in [0.1, 0.15) is 101 Å². The Labute approximate surface area is 315 Å². The Kier molecular flexibility index (Phi) is 16.5. The van der Waals surface area contributed by atoms with Gasteiger partial charge in [0.05, 0.1) is 19.2 Å². The van der Waals surface area contributed by atoms with Crippen LogP contribution in [0.2, 0.25) is 0 Å². The molecule has 1 aliphatic carbocycles. The predicted molar refractivity (Wildman–Crippen MR) is 199 cm³/mol. The largest absolute Gasteiger partial charge is 0.494 e. The molecule has 5 amide bonds. The number of carboxylic acids is 1. The van der Waals surface area contributed by atoms with Gasteiger partial charge < -0.3 is 36.4 Å². The lowest BCUT2D eigenvalue weighted by Gasteiger charge is -2.31. The minimum absolute atomic E-state index is 0.0334. The Morgan fingerprint density at radius 3 is 2.31 bits per heavy atom.